The average molecular weight is 507 g/mol. The molecule has 12 heteroatoms. The molecule has 1 saturated carbocycles. The number of rotatable bonds is 7. The van der Waals surface area contributed by atoms with Gasteiger partial charge in [0, 0.05) is 32.0 Å². The van der Waals surface area contributed by atoms with E-state index in [4.69, 9.17) is 4.42 Å². The van der Waals surface area contributed by atoms with Gasteiger partial charge in [-0.1, -0.05) is 12.1 Å². The lowest BCUT2D eigenvalue weighted by molar-refractivity contribution is 0.0934. The second-order valence-corrected chi connectivity index (χ2v) is 9.35. The fourth-order valence-corrected chi connectivity index (χ4v) is 4.60. The summed E-state index contributed by atoms with van der Waals surface area (Å²) in [4.78, 5) is 34.2. The van der Waals surface area contributed by atoms with E-state index in [-0.39, 0.29) is 41.4 Å². The van der Waals surface area contributed by atoms with E-state index >= 15 is 0 Å². The molecule has 0 radical (unpaired) electrons. The largest absolute Gasteiger partial charge is 0.425 e. The van der Waals surface area contributed by atoms with E-state index in [0.717, 1.165) is 31.2 Å². The zero-order valence-electron chi connectivity index (χ0n) is 20.6. The van der Waals surface area contributed by atoms with Crippen LogP contribution >= 0.6 is 0 Å². The minimum absolute atomic E-state index is 0.0415. The second-order valence-electron chi connectivity index (χ2n) is 9.35. The molecule has 37 heavy (non-hydrogen) atoms. The molecule has 2 N–H and O–H groups in total. The number of aromatic nitrogens is 6. The van der Waals surface area contributed by atoms with Crippen molar-refractivity contribution in [2.24, 2.45) is 5.92 Å². The number of aryl methyl sites for hydroxylation is 2. The molecule has 3 heterocycles. The van der Waals surface area contributed by atoms with Crippen molar-refractivity contribution >= 4 is 17.6 Å². The number of carbonyl (C=O) groups excluding carboxylic acids is 2. The standard InChI is InChI=1S/C25H27FN8O3/c1-14-9-17(5-8-19(14)26)12-27-22(35)20-10-21(34-25(31-20)29-13-30-34)23(36)28-11-16-3-6-18(7-4-16)24-33-32-15(2)37-24/h5,8-10,13,16,18H,3-4,6-7,11-12H2,1-2H3,(H,27,35)(H,28,36)/t16-,18+. The van der Waals surface area contributed by atoms with Crippen LogP contribution in [0.2, 0.25) is 0 Å². The summed E-state index contributed by atoms with van der Waals surface area (Å²) in [6.45, 7) is 4.13. The molecule has 0 atom stereocenters. The summed E-state index contributed by atoms with van der Waals surface area (Å²) in [7, 11) is 0. The Balaban J connectivity index is 1.21. The molecule has 0 bridgehead atoms. The quantitative estimate of drug-likeness (QED) is 0.390. The summed E-state index contributed by atoms with van der Waals surface area (Å²) in [5, 5.41) is 17.9. The van der Waals surface area contributed by atoms with E-state index in [1.165, 1.54) is 23.0 Å². The van der Waals surface area contributed by atoms with Crippen molar-refractivity contribution in [2.45, 2.75) is 52.0 Å². The number of carbonyl (C=O) groups is 2. The first kappa shape index (κ1) is 24.5. The first-order chi connectivity index (χ1) is 17.9. The fraction of sp³-hybridized carbons (Fsp3) is 0.400. The van der Waals surface area contributed by atoms with Crippen molar-refractivity contribution in [3.63, 3.8) is 0 Å². The third-order valence-electron chi connectivity index (χ3n) is 6.68. The number of amides is 2. The maximum atomic E-state index is 13.5. The number of benzene rings is 1. The fourth-order valence-electron chi connectivity index (χ4n) is 4.60. The van der Waals surface area contributed by atoms with Gasteiger partial charge < -0.3 is 15.1 Å². The van der Waals surface area contributed by atoms with Gasteiger partial charge in [0.2, 0.25) is 11.8 Å². The van der Waals surface area contributed by atoms with Crippen LogP contribution in [0.25, 0.3) is 5.78 Å². The van der Waals surface area contributed by atoms with E-state index in [0.29, 0.717) is 29.8 Å². The molecule has 1 aliphatic rings. The molecule has 0 saturated heterocycles. The number of halogens is 1. The molecule has 11 nitrogen and oxygen atoms in total. The van der Waals surface area contributed by atoms with Crippen LogP contribution in [-0.2, 0) is 6.54 Å². The first-order valence-corrected chi connectivity index (χ1v) is 12.2. The number of hydrogen-bond donors (Lipinski definition) is 2. The molecule has 1 fully saturated rings. The lowest BCUT2D eigenvalue weighted by atomic mass is 9.82. The van der Waals surface area contributed by atoms with Gasteiger partial charge in [0.25, 0.3) is 17.6 Å². The van der Waals surface area contributed by atoms with Gasteiger partial charge in [-0.25, -0.2) is 9.37 Å². The third kappa shape index (κ3) is 5.47. The summed E-state index contributed by atoms with van der Waals surface area (Å²) >= 11 is 0. The van der Waals surface area contributed by atoms with Crippen molar-refractivity contribution in [2.75, 3.05) is 6.54 Å². The Labute approximate surface area is 211 Å². The van der Waals surface area contributed by atoms with Crippen LogP contribution in [0.3, 0.4) is 0 Å². The summed E-state index contributed by atoms with van der Waals surface area (Å²) in [6.07, 6.45) is 4.98. The molecule has 1 aliphatic carbocycles. The van der Waals surface area contributed by atoms with Crippen molar-refractivity contribution in [1.82, 2.24) is 40.4 Å². The average Bonchev–Trinajstić information content (AvgIpc) is 3.56. The molecule has 2 amide bonds. The van der Waals surface area contributed by atoms with Gasteiger partial charge in [-0.05, 0) is 55.7 Å². The van der Waals surface area contributed by atoms with Crippen molar-refractivity contribution in [3.8, 4) is 0 Å². The van der Waals surface area contributed by atoms with E-state index in [1.54, 1.807) is 26.0 Å². The SMILES string of the molecule is Cc1nnc([C@H]2CC[C@@H](CNC(=O)c3cc(C(=O)NCc4ccc(F)c(C)c4)nc4ncnn34)CC2)o1. The zero-order valence-corrected chi connectivity index (χ0v) is 20.6. The van der Waals surface area contributed by atoms with Gasteiger partial charge in [-0.15, -0.1) is 10.2 Å². The normalized spacial score (nSPS) is 17.6. The van der Waals surface area contributed by atoms with Crippen LogP contribution < -0.4 is 10.6 Å². The summed E-state index contributed by atoms with van der Waals surface area (Å²) in [6, 6.07) is 6.03. The molecule has 0 aliphatic heterocycles. The Morgan fingerprint density at radius 2 is 1.89 bits per heavy atom. The van der Waals surface area contributed by atoms with Gasteiger partial charge in [-0.3, -0.25) is 9.59 Å². The molecule has 0 spiro atoms. The van der Waals surface area contributed by atoms with Crippen LogP contribution in [0.5, 0.6) is 0 Å². The van der Waals surface area contributed by atoms with Gasteiger partial charge in [0.1, 0.15) is 23.5 Å². The van der Waals surface area contributed by atoms with Crippen LogP contribution in [0.4, 0.5) is 4.39 Å². The lowest BCUT2D eigenvalue weighted by Crippen LogP contribution is -2.33. The topological polar surface area (TPSA) is 140 Å². The summed E-state index contributed by atoms with van der Waals surface area (Å²) in [5.74, 6) is 0.824. The van der Waals surface area contributed by atoms with Crippen molar-refractivity contribution in [3.05, 3.63) is 70.7 Å². The highest BCUT2D eigenvalue weighted by molar-refractivity contribution is 5.98. The summed E-state index contributed by atoms with van der Waals surface area (Å²) in [5.41, 5.74) is 1.45. The predicted octanol–water partition coefficient (Wildman–Crippen LogP) is 2.90. The van der Waals surface area contributed by atoms with Crippen molar-refractivity contribution < 1.29 is 18.4 Å². The van der Waals surface area contributed by atoms with Crippen LogP contribution in [0.1, 0.15) is 75.5 Å². The van der Waals surface area contributed by atoms with E-state index in [2.05, 4.69) is 35.9 Å². The lowest BCUT2D eigenvalue weighted by Gasteiger charge is -2.26. The van der Waals surface area contributed by atoms with Crippen LogP contribution in [0, 0.1) is 25.6 Å². The smallest absolute Gasteiger partial charge is 0.270 e. The van der Waals surface area contributed by atoms with Crippen molar-refractivity contribution in [1.29, 1.82) is 0 Å². The van der Waals surface area contributed by atoms with E-state index in [9.17, 15) is 14.0 Å². The molecular formula is C25H27FN8O3. The highest BCUT2D eigenvalue weighted by Crippen LogP contribution is 2.34. The Hall–Kier alpha value is -4.22. The minimum Gasteiger partial charge on any atom is -0.425 e. The van der Waals surface area contributed by atoms with Gasteiger partial charge in [0.15, 0.2) is 0 Å². The predicted molar refractivity (Wildman–Crippen MR) is 129 cm³/mol. The Morgan fingerprint density at radius 1 is 1.08 bits per heavy atom. The molecule has 4 aromatic rings. The third-order valence-corrected chi connectivity index (χ3v) is 6.68. The highest BCUT2D eigenvalue weighted by Gasteiger charge is 2.27. The van der Waals surface area contributed by atoms with Gasteiger partial charge in [-0.2, -0.15) is 14.6 Å². The van der Waals surface area contributed by atoms with Crippen LogP contribution in [-0.4, -0.2) is 48.1 Å². The van der Waals surface area contributed by atoms with E-state index in [1.807, 2.05) is 0 Å². The number of nitrogens with zero attached hydrogens (tertiary/aromatic N) is 6. The number of nitrogens with one attached hydrogen (secondary N) is 2. The second kappa shape index (κ2) is 10.4. The number of hydrogen-bond acceptors (Lipinski definition) is 8. The van der Waals surface area contributed by atoms with Gasteiger partial charge >= 0.3 is 0 Å². The number of fused-ring (bicyclic) bond motifs is 1. The highest BCUT2D eigenvalue weighted by atomic mass is 19.1. The molecular weight excluding hydrogens is 479 g/mol. The molecule has 1 aromatic carbocycles. The zero-order chi connectivity index (χ0) is 25.9. The Kier molecular flexibility index (Phi) is 6.89. The Morgan fingerprint density at radius 3 is 2.62 bits per heavy atom. The van der Waals surface area contributed by atoms with Crippen LogP contribution in [0.15, 0.2) is 35.0 Å². The van der Waals surface area contributed by atoms with E-state index < -0.39 is 5.91 Å². The molecule has 0 unspecified atom stereocenters. The maximum absolute atomic E-state index is 13.5. The molecule has 3 aromatic heterocycles. The summed E-state index contributed by atoms with van der Waals surface area (Å²) < 4.78 is 20.4. The van der Waals surface area contributed by atoms with Gasteiger partial charge in [0.05, 0.1) is 0 Å². The minimum atomic E-state index is -0.476. The molecule has 192 valence electrons. The molecule has 5 rings (SSSR count). The first-order valence-electron chi connectivity index (χ1n) is 12.2. The maximum Gasteiger partial charge on any atom is 0.270 e. The monoisotopic (exact) mass is 506 g/mol. The Bertz CT molecular complexity index is 1440.